The Kier molecular flexibility index (Phi) is 24.7. The lowest BCUT2D eigenvalue weighted by Gasteiger charge is -2.15. The molecule has 0 aliphatic carbocycles. The third-order valence-electron chi connectivity index (χ3n) is 6.12. The molecule has 0 aliphatic rings. The van der Waals surface area contributed by atoms with Crippen molar-refractivity contribution in [3.05, 3.63) is 0 Å². The molecular weight excluding hydrogens is 416 g/mol. The van der Waals surface area contributed by atoms with Crippen molar-refractivity contribution in [2.24, 2.45) is 0 Å². The second-order valence-electron chi connectivity index (χ2n) is 9.49. The summed E-state index contributed by atoms with van der Waals surface area (Å²) in [7, 11) is 0. The van der Waals surface area contributed by atoms with Crippen molar-refractivity contribution >= 4 is 11.9 Å². The molecular formula is C28H54O5. The molecule has 1 atom stereocenters. The molecule has 0 aromatic heterocycles. The largest absolute Gasteiger partial charge is 0.462 e. The van der Waals surface area contributed by atoms with Crippen LogP contribution in [0.25, 0.3) is 0 Å². The zero-order valence-corrected chi connectivity index (χ0v) is 21.9. The summed E-state index contributed by atoms with van der Waals surface area (Å²) in [6, 6.07) is 0. The highest BCUT2D eigenvalue weighted by atomic mass is 16.6. The van der Waals surface area contributed by atoms with E-state index < -0.39 is 6.10 Å². The fraction of sp³-hybridized carbons (Fsp3) is 0.929. The molecule has 5 nitrogen and oxygen atoms in total. The smallest absolute Gasteiger partial charge is 0.306 e. The van der Waals surface area contributed by atoms with Gasteiger partial charge < -0.3 is 14.6 Å². The molecule has 0 saturated heterocycles. The highest BCUT2D eigenvalue weighted by Crippen LogP contribution is 2.14. The monoisotopic (exact) mass is 470 g/mol. The Morgan fingerprint density at radius 1 is 0.576 bits per heavy atom. The lowest BCUT2D eigenvalue weighted by atomic mass is 10.0. The third kappa shape index (κ3) is 23.8. The van der Waals surface area contributed by atoms with Gasteiger partial charge in [-0.15, -0.1) is 0 Å². The van der Waals surface area contributed by atoms with E-state index in [1.165, 1.54) is 96.3 Å². The first kappa shape index (κ1) is 31.9. The molecule has 0 rings (SSSR count). The number of rotatable bonds is 25. The summed E-state index contributed by atoms with van der Waals surface area (Å²) >= 11 is 0. The van der Waals surface area contributed by atoms with Gasteiger partial charge >= 0.3 is 11.9 Å². The van der Waals surface area contributed by atoms with Crippen molar-refractivity contribution in [3.63, 3.8) is 0 Å². The van der Waals surface area contributed by atoms with Gasteiger partial charge in [0.15, 0.2) is 6.10 Å². The van der Waals surface area contributed by atoms with Crippen molar-refractivity contribution in [1.29, 1.82) is 0 Å². The van der Waals surface area contributed by atoms with Gasteiger partial charge in [-0.25, -0.2) is 0 Å². The van der Waals surface area contributed by atoms with E-state index in [4.69, 9.17) is 9.47 Å². The average molecular weight is 471 g/mol. The standard InChI is InChI=1S/C28H54O5/c1-3-5-6-7-8-9-10-11-12-13-14-15-16-17-18-19-20-21-23-28(31)33-26(24-29)25-32-27(30)22-4-2/h26,29H,3-25H2,1-2H3. The number of esters is 2. The van der Waals surface area contributed by atoms with E-state index in [-0.39, 0.29) is 25.2 Å². The van der Waals surface area contributed by atoms with Crippen LogP contribution in [0.2, 0.25) is 0 Å². The lowest BCUT2D eigenvalue weighted by molar-refractivity contribution is -0.161. The zero-order chi connectivity index (χ0) is 24.4. The quantitative estimate of drug-likeness (QED) is 0.109. The second-order valence-corrected chi connectivity index (χ2v) is 9.49. The van der Waals surface area contributed by atoms with E-state index in [0.717, 1.165) is 19.3 Å². The van der Waals surface area contributed by atoms with Crippen LogP contribution in [0.5, 0.6) is 0 Å². The maximum Gasteiger partial charge on any atom is 0.306 e. The molecule has 0 heterocycles. The Labute approximate surface area is 204 Å². The van der Waals surface area contributed by atoms with E-state index in [1.807, 2.05) is 6.92 Å². The van der Waals surface area contributed by atoms with Crippen LogP contribution in [0.1, 0.15) is 149 Å². The molecule has 5 heteroatoms. The maximum absolute atomic E-state index is 11.9. The predicted octanol–water partition coefficient (Wildman–Crippen LogP) is 7.67. The van der Waals surface area contributed by atoms with Crippen LogP contribution in [0.3, 0.4) is 0 Å². The fourth-order valence-electron chi connectivity index (χ4n) is 4.00. The molecule has 0 fully saturated rings. The molecule has 33 heavy (non-hydrogen) atoms. The van der Waals surface area contributed by atoms with Crippen LogP contribution >= 0.6 is 0 Å². The highest BCUT2D eigenvalue weighted by molar-refractivity contribution is 5.70. The number of aliphatic hydroxyl groups is 1. The zero-order valence-electron chi connectivity index (χ0n) is 21.9. The van der Waals surface area contributed by atoms with Gasteiger partial charge in [0, 0.05) is 12.8 Å². The van der Waals surface area contributed by atoms with E-state index in [2.05, 4.69) is 6.92 Å². The van der Waals surface area contributed by atoms with Gasteiger partial charge in [-0.2, -0.15) is 0 Å². The number of unbranched alkanes of at least 4 members (excludes halogenated alkanes) is 17. The van der Waals surface area contributed by atoms with Crippen molar-refractivity contribution in [2.75, 3.05) is 13.2 Å². The number of hydrogen-bond acceptors (Lipinski definition) is 5. The molecule has 0 spiro atoms. The van der Waals surface area contributed by atoms with E-state index >= 15 is 0 Å². The second kappa shape index (κ2) is 25.5. The molecule has 0 aliphatic heterocycles. The van der Waals surface area contributed by atoms with Gasteiger partial charge in [0.05, 0.1) is 6.61 Å². The van der Waals surface area contributed by atoms with Crippen LogP contribution in [-0.4, -0.2) is 36.4 Å². The average Bonchev–Trinajstić information content (AvgIpc) is 2.81. The molecule has 1 unspecified atom stereocenters. The van der Waals surface area contributed by atoms with Crippen LogP contribution in [0.4, 0.5) is 0 Å². The molecule has 0 bridgehead atoms. The van der Waals surface area contributed by atoms with Crippen LogP contribution in [0.15, 0.2) is 0 Å². The summed E-state index contributed by atoms with van der Waals surface area (Å²) in [4.78, 5) is 23.2. The Balaban J connectivity index is 3.36. The first-order valence-corrected chi connectivity index (χ1v) is 14.1. The summed E-state index contributed by atoms with van der Waals surface area (Å²) in [6.45, 7) is 3.77. The molecule has 0 amide bonds. The van der Waals surface area contributed by atoms with Crippen molar-refractivity contribution in [3.8, 4) is 0 Å². The first-order valence-electron chi connectivity index (χ1n) is 14.1. The minimum Gasteiger partial charge on any atom is -0.462 e. The summed E-state index contributed by atoms with van der Waals surface area (Å²) in [5.41, 5.74) is 0. The highest BCUT2D eigenvalue weighted by Gasteiger charge is 2.15. The Bertz CT molecular complexity index is 438. The molecule has 196 valence electrons. The van der Waals surface area contributed by atoms with E-state index in [9.17, 15) is 14.7 Å². The van der Waals surface area contributed by atoms with Crippen LogP contribution in [-0.2, 0) is 19.1 Å². The van der Waals surface area contributed by atoms with Gasteiger partial charge in [-0.1, -0.05) is 123 Å². The van der Waals surface area contributed by atoms with Crippen molar-refractivity contribution in [2.45, 2.75) is 155 Å². The first-order chi connectivity index (χ1) is 16.1. The predicted molar refractivity (Wildman–Crippen MR) is 136 cm³/mol. The van der Waals surface area contributed by atoms with Gasteiger partial charge in [0.2, 0.25) is 0 Å². The van der Waals surface area contributed by atoms with Gasteiger partial charge in [-0.3, -0.25) is 9.59 Å². The van der Waals surface area contributed by atoms with E-state index in [0.29, 0.717) is 19.3 Å². The molecule has 0 saturated carbocycles. The van der Waals surface area contributed by atoms with Gasteiger partial charge in [0.25, 0.3) is 0 Å². The lowest BCUT2D eigenvalue weighted by Crippen LogP contribution is -2.28. The minimum atomic E-state index is -0.756. The maximum atomic E-state index is 11.9. The molecule has 0 radical (unpaired) electrons. The fourth-order valence-corrected chi connectivity index (χ4v) is 4.00. The number of aliphatic hydroxyl groups excluding tert-OH is 1. The topological polar surface area (TPSA) is 72.8 Å². The Morgan fingerprint density at radius 3 is 1.39 bits per heavy atom. The number of hydrogen-bond donors (Lipinski definition) is 1. The normalized spacial score (nSPS) is 12.0. The summed E-state index contributed by atoms with van der Waals surface area (Å²) < 4.78 is 10.2. The summed E-state index contributed by atoms with van der Waals surface area (Å²) in [5.74, 6) is -0.646. The van der Waals surface area contributed by atoms with Crippen molar-refractivity contribution < 1.29 is 24.2 Å². The van der Waals surface area contributed by atoms with Crippen LogP contribution < -0.4 is 0 Å². The molecule has 0 aromatic rings. The number of ether oxygens (including phenoxy) is 2. The Morgan fingerprint density at radius 2 is 1.00 bits per heavy atom. The van der Waals surface area contributed by atoms with Gasteiger partial charge in [-0.05, 0) is 12.8 Å². The third-order valence-corrected chi connectivity index (χ3v) is 6.12. The minimum absolute atomic E-state index is 0.0692. The van der Waals surface area contributed by atoms with E-state index in [1.54, 1.807) is 0 Å². The molecule has 1 N–H and O–H groups in total. The summed E-state index contributed by atoms with van der Waals surface area (Å²) in [6.07, 6.45) is 24.3. The number of carbonyl (C=O) groups excluding carboxylic acids is 2. The van der Waals surface area contributed by atoms with Crippen LogP contribution in [0, 0.1) is 0 Å². The SMILES string of the molecule is CCCCCCCCCCCCCCCCCCCCC(=O)OC(CO)COC(=O)CCC. The summed E-state index contributed by atoms with van der Waals surface area (Å²) in [5, 5.41) is 9.28. The van der Waals surface area contributed by atoms with Gasteiger partial charge in [0.1, 0.15) is 6.61 Å². The number of carbonyl (C=O) groups is 2. The molecule has 0 aromatic carbocycles. The van der Waals surface area contributed by atoms with Crippen molar-refractivity contribution in [1.82, 2.24) is 0 Å². The Hall–Kier alpha value is -1.10.